The molecule has 0 spiro atoms. The largest absolute Gasteiger partial charge is 0.496 e. The van der Waals surface area contributed by atoms with E-state index in [1.54, 1.807) is 19.1 Å². The second-order valence-corrected chi connectivity index (χ2v) is 10.2. The van der Waals surface area contributed by atoms with Crippen molar-refractivity contribution < 1.29 is 4.74 Å². The maximum atomic E-state index is 5.26. The predicted octanol–water partition coefficient (Wildman–Crippen LogP) is 7.66. The number of benzene rings is 1. The first-order valence-electron chi connectivity index (χ1n) is 9.20. The lowest BCUT2D eigenvalue weighted by atomic mass is 9.71. The van der Waals surface area contributed by atoms with E-state index in [4.69, 9.17) is 4.74 Å². The minimum absolute atomic E-state index is 0.437. The van der Waals surface area contributed by atoms with Gasteiger partial charge in [-0.3, -0.25) is 0 Å². The number of nitrogens with zero attached hydrogens (tertiary/aromatic N) is 1. The summed E-state index contributed by atoms with van der Waals surface area (Å²) in [6.45, 7) is 17.6. The van der Waals surface area contributed by atoms with Crippen molar-refractivity contribution in [3.8, 4) is 5.75 Å². The molecule has 1 aliphatic carbocycles. The molecule has 2 rings (SSSR count). The summed E-state index contributed by atoms with van der Waals surface area (Å²) in [5, 5.41) is 0. The topological polar surface area (TPSA) is 12.5 Å². The van der Waals surface area contributed by atoms with E-state index in [1.165, 1.54) is 17.7 Å². The van der Waals surface area contributed by atoms with Gasteiger partial charge in [0.2, 0.25) is 0 Å². The first-order valence-corrected chi connectivity index (χ1v) is 10.8. The molecule has 146 valence electrons. The summed E-state index contributed by atoms with van der Waals surface area (Å²) in [6, 6.07) is 6.97. The Bertz CT molecular complexity index is 490. The molecule has 0 saturated heterocycles. The molecule has 1 saturated carbocycles. The fourth-order valence-electron chi connectivity index (χ4n) is 1.38. The van der Waals surface area contributed by atoms with Crippen molar-refractivity contribution in [2.45, 2.75) is 79.2 Å². The van der Waals surface area contributed by atoms with Crippen molar-refractivity contribution in [2.24, 2.45) is 10.8 Å². The quantitative estimate of drug-likeness (QED) is 0.453. The average Bonchev–Trinajstić information content (AvgIpc) is 3.34. The SMILES string of the molecule is CC.CC(C)(C)C(C)(C)C.COc1cc(SN(C)C2CC2)ccc1Br. The Hall–Kier alpha value is -0.190. The van der Waals surface area contributed by atoms with Crippen LogP contribution >= 0.6 is 27.9 Å². The third-order valence-corrected chi connectivity index (χ3v) is 6.39. The summed E-state index contributed by atoms with van der Waals surface area (Å²) >= 11 is 5.24. The van der Waals surface area contributed by atoms with Crippen LogP contribution in [0.2, 0.25) is 0 Å². The van der Waals surface area contributed by atoms with Crippen LogP contribution in [0.15, 0.2) is 27.6 Å². The molecular weight excluding hydrogens is 394 g/mol. The van der Waals surface area contributed by atoms with Crippen LogP contribution in [0.3, 0.4) is 0 Å². The lowest BCUT2D eigenvalue weighted by molar-refractivity contribution is 0.157. The Labute approximate surface area is 169 Å². The Morgan fingerprint density at radius 3 is 1.88 bits per heavy atom. The van der Waals surface area contributed by atoms with Gasteiger partial charge in [-0.15, -0.1) is 0 Å². The molecule has 4 heteroatoms. The summed E-state index contributed by atoms with van der Waals surface area (Å²) in [7, 11) is 3.84. The predicted molar refractivity (Wildman–Crippen MR) is 118 cm³/mol. The summed E-state index contributed by atoms with van der Waals surface area (Å²) in [4.78, 5) is 1.23. The van der Waals surface area contributed by atoms with Gasteiger partial charge in [0.15, 0.2) is 0 Å². The van der Waals surface area contributed by atoms with Crippen molar-refractivity contribution in [2.75, 3.05) is 14.2 Å². The van der Waals surface area contributed by atoms with Gasteiger partial charge in [-0.05, 0) is 76.8 Å². The number of ether oxygens (including phenoxy) is 1. The molecule has 0 radical (unpaired) electrons. The maximum absolute atomic E-state index is 5.26. The van der Waals surface area contributed by atoms with Gasteiger partial charge >= 0.3 is 0 Å². The third kappa shape index (κ3) is 9.35. The van der Waals surface area contributed by atoms with Gasteiger partial charge in [0.1, 0.15) is 5.75 Å². The van der Waals surface area contributed by atoms with Crippen LogP contribution in [0.4, 0.5) is 0 Å². The van der Waals surface area contributed by atoms with E-state index in [0.717, 1.165) is 16.3 Å². The molecule has 0 bridgehead atoms. The van der Waals surface area contributed by atoms with Crippen LogP contribution in [-0.4, -0.2) is 24.5 Å². The fourth-order valence-corrected chi connectivity index (χ4v) is 2.77. The Balaban J connectivity index is 0.000000493. The van der Waals surface area contributed by atoms with E-state index in [9.17, 15) is 0 Å². The van der Waals surface area contributed by atoms with Gasteiger partial charge in [0.05, 0.1) is 11.6 Å². The Kier molecular flexibility index (Phi) is 10.8. The van der Waals surface area contributed by atoms with E-state index >= 15 is 0 Å². The molecule has 0 atom stereocenters. The smallest absolute Gasteiger partial charge is 0.134 e. The van der Waals surface area contributed by atoms with Crippen LogP contribution in [0, 0.1) is 10.8 Å². The summed E-state index contributed by atoms with van der Waals surface area (Å²) in [5.74, 6) is 0.893. The highest BCUT2D eigenvalue weighted by Crippen LogP contribution is 2.37. The fraction of sp³-hybridized carbons (Fsp3) is 0.714. The molecule has 0 aliphatic heterocycles. The van der Waals surface area contributed by atoms with Crippen LogP contribution in [0.1, 0.15) is 68.2 Å². The first-order chi connectivity index (χ1) is 11.5. The minimum atomic E-state index is 0.437. The molecule has 0 unspecified atom stereocenters. The molecular formula is C21H38BrNOS. The van der Waals surface area contributed by atoms with Gasteiger partial charge in [-0.2, -0.15) is 0 Å². The van der Waals surface area contributed by atoms with Crippen molar-refractivity contribution in [1.29, 1.82) is 0 Å². The highest BCUT2D eigenvalue weighted by Gasteiger charge is 2.27. The van der Waals surface area contributed by atoms with Crippen molar-refractivity contribution in [3.05, 3.63) is 22.7 Å². The van der Waals surface area contributed by atoms with E-state index in [2.05, 4.69) is 81.0 Å². The molecule has 0 heterocycles. The molecule has 25 heavy (non-hydrogen) atoms. The van der Waals surface area contributed by atoms with Gasteiger partial charge in [-0.1, -0.05) is 55.4 Å². The van der Waals surface area contributed by atoms with Crippen LogP contribution in [0.25, 0.3) is 0 Å². The second-order valence-electron chi connectivity index (χ2n) is 8.16. The molecule has 1 aliphatic rings. The van der Waals surface area contributed by atoms with Gasteiger partial charge in [-0.25, -0.2) is 4.31 Å². The number of hydrogen-bond donors (Lipinski definition) is 0. The first kappa shape index (κ1) is 24.8. The number of hydrogen-bond acceptors (Lipinski definition) is 3. The van der Waals surface area contributed by atoms with E-state index in [-0.39, 0.29) is 0 Å². The second kappa shape index (κ2) is 10.8. The van der Waals surface area contributed by atoms with Crippen LogP contribution in [-0.2, 0) is 0 Å². The van der Waals surface area contributed by atoms with E-state index < -0.39 is 0 Å². The normalized spacial score (nSPS) is 14.2. The van der Waals surface area contributed by atoms with E-state index in [1.807, 2.05) is 19.9 Å². The van der Waals surface area contributed by atoms with Crippen molar-refractivity contribution in [1.82, 2.24) is 4.31 Å². The molecule has 2 nitrogen and oxygen atoms in total. The molecule has 0 aromatic heterocycles. The molecule has 1 aromatic rings. The number of rotatable bonds is 4. The zero-order chi connectivity index (χ0) is 19.8. The molecule has 0 N–H and O–H groups in total. The summed E-state index contributed by atoms with van der Waals surface area (Å²) in [5.41, 5.74) is 0.875. The van der Waals surface area contributed by atoms with Crippen LogP contribution in [0.5, 0.6) is 5.75 Å². The number of halogens is 1. The summed E-state index contributed by atoms with van der Waals surface area (Å²) in [6.07, 6.45) is 2.66. The Morgan fingerprint density at radius 1 is 1.04 bits per heavy atom. The van der Waals surface area contributed by atoms with Crippen LogP contribution < -0.4 is 4.74 Å². The molecule has 1 aromatic carbocycles. The lowest BCUT2D eigenvalue weighted by Crippen LogP contribution is -2.25. The molecule has 1 fully saturated rings. The Morgan fingerprint density at radius 2 is 1.52 bits per heavy atom. The average molecular weight is 433 g/mol. The highest BCUT2D eigenvalue weighted by atomic mass is 79.9. The highest BCUT2D eigenvalue weighted by molar-refractivity contribution is 9.10. The van der Waals surface area contributed by atoms with Crippen molar-refractivity contribution in [3.63, 3.8) is 0 Å². The van der Waals surface area contributed by atoms with Gasteiger partial charge in [0.25, 0.3) is 0 Å². The van der Waals surface area contributed by atoms with Crippen molar-refractivity contribution >= 4 is 27.9 Å². The maximum Gasteiger partial charge on any atom is 0.134 e. The molecule has 0 amide bonds. The summed E-state index contributed by atoms with van der Waals surface area (Å²) < 4.78 is 8.59. The zero-order valence-corrected chi connectivity index (χ0v) is 20.3. The minimum Gasteiger partial charge on any atom is -0.496 e. The number of methoxy groups -OCH3 is 1. The van der Waals surface area contributed by atoms with Gasteiger partial charge in [0, 0.05) is 10.9 Å². The standard InChI is InChI=1S/C11H14BrNOS.C8H18.C2H6/c1-13(8-3-4-8)15-9-5-6-10(12)11(7-9)14-2;1-7(2,3)8(4,5)6;1-2/h5-8H,3-4H2,1-2H3;1-6H3;1-2H3. The zero-order valence-electron chi connectivity index (χ0n) is 17.9. The third-order valence-electron chi connectivity index (χ3n) is 4.68. The van der Waals surface area contributed by atoms with Gasteiger partial charge < -0.3 is 4.74 Å². The van der Waals surface area contributed by atoms with E-state index in [0.29, 0.717) is 10.8 Å². The lowest BCUT2D eigenvalue weighted by Gasteiger charge is -2.34. The monoisotopic (exact) mass is 431 g/mol.